The fourth-order valence-electron chi connectivity index (χ4n) is 3.41. The van der Waals surface area contributed by atoms with Crippen molar-refractivity contribution in [2.24, 2.45) is 0 Å². The van der Waals surface area contributed by atoms with E-state index in [-0.39, 0.29) is 12.1 Å². The Hall–Kier alpha value is -2.89. The van der Waals surface area contributed by atoms with Crippen LogP contribution in [0, 0.1) is 18.3 Å². The van der Waals surface area contributed by atoms with Gasteiger partial charge in [0.15, 0.2) is 0 Å². The van der Waals surface area contributed by atoms with Gasteiger partial charge < -0.3 is 10.2 Å². The highest BCUT2D eigenvalue weighted by Crippen LogP contribution is 2.21. The second-order valence-corrected chi connectivity index (χ2v) is 9.54. The number of hydrogen-bond donors (Lipinski definition) is 1. The predicted octanol–water partition coefficient (Wildman–Crippen LogP) is 2.86. The number of carbonyl (C=O) groups excluding carboxylic acids is 1. The summed E-state index contributed by atoms with van der Waals surface area (Å²) in [6.07, 6.45) is 1.14. The number of piperidine rings is 1. The van der Waals surface area contributed by atoms with Gasteiger partial charge in [-0.2, -0.15) is 9.57 Å². The van der Waals surface area contributed by atoms with E-state index in [2.05, 4.69) is 11.4 Å². The third-order valence-electron chi connectivity index (χ3n) is 5.29. The molecule has 0 aliphatic carbocycles. The first-order valence-corrected chi connectivity index (χ1v) is 11.3. The number of hydrogen-bond acceptors (Lipinski definition) is 4. The quantitative estimate of drug-likeness (QED) is 0.796. The fraction of sp³-hybridized carbons (Fsp3) is 0.364. The lowest BCUT2D eigenvalue weighted by Crippen LogP contribution is -2.49. The van der Waals surface area contributed by atoms with Crippen LogP contribution in [0.4, 0.5) is 4.79 Å². The topological polar surface area (TPSA) is 93.5 Å². The van der Waals surface area contributed by atoms with E-state index in [0.717, 1.165) is 11.1 Å². The maximum atomic E-state index is 12.8. The second-order valence-electron chi connectivity index (χ2n) is 7.61. The number of sulfonamides is 1. The highest BCUT2D eigenvalue weighted by atomic mass is 32.2. The van der Waals surface area contributed by atoms with Gasteiger partial charge in [0.2, 0.25) is 10.0 Å². The average Bonchev–Trinajstić information content (AvgIpc) is 2.75. The molecule has 1 saturated heterocycles. The first kappa shape index (κ1) is 21.8. The molecule has 0 aromatic heterocycles. The maximum absolute atomic E-state index is 12.8. The van der Waals surface area contributed by atoms with Crippen molar-refractivity contribution < 1.29 is 13.2 Å². The first-order chi connectivity index (χ1) is 14.3. The highest BCUT2D eigenvalue weighted by Gasteiger charge is 2.30. The number of nitriles is 1. The summed E-state index contributed by atoms with van der Waals surface area (Å²) in [5.41, 5.74) is 2.53. The van der Waals surface area contributed by atoms with Gasteiger partial charge in [0.25, 0.3) is 0 Å². The maximum Gasteiger partial charge on any atom is 0.317 e. The molecule has 0 radical (unpaired) electrons. The van der Waals surface area contributed by atoms with Crippen molar-refractivity contribution in [3.8, 4) is 6.07 Å². The van der Waals surface area contributed by atoms with Gasteiger partial charge in [0.05, 0.1) is 16.5 Å². The van der Waals surface area contributed by atoms with Gasteiger partial charge in [-0.15, -0.1) is 0 Å². The average molecular weight is 427 g/mol. The van der Waals surface area contributed by atoms with E-state index >= 15 is 0 Å². The summed E-state index contributed by atoms with van der Waals surface area (Å²) >= 11 is 0. The Morgan fingerprint density at radius 1 is 1.13 bits per heavy atom. The van der Waals surface area contributed by atoms with E-state index in [1.54, 1.807) is 48.3 Å². The predicted molar refractivity (Wildman–Crippen MR) is 114 cm³/mol. The van der Waals surface area contributed by atoms with Crippen molar-refractivity contribution in [3.05, 3.63) is 65.2 Å². The van der Waals surface area contributed by atoms with Crippen LogP contribution in [-0.4, -0.2) is 49.8 Å². The summed E-state index contributed by atoms with van der Waals surface area (Å²) in [7, 11) is -1.79. The molecular formula is C22H26N4O3S. The zero-order valence-corrected chi connectivity index (χ0v) is 18.0. The first-order valence-electron chi connectivity index (χ1n) is 9.87. The summed E-state index contributed by atoms with van der Waals surface area (Å²) in [4.78, 5) is 14.4. The molecule has 2 amide bonds. The Kier molecular flexibility index (Phi) is 6.75. The number of urea groups is 1. The lowest BCUT2D eigenvalue weighted by atomic mass is 10.1. The number of rotatable bonds is 5. The molecule has 7 nitrogen and oxygen atoms in total. The van der Waals surface area contributed by atoms with Gasteiger partial charge in [0.1, 0.15) is 0 Å². The molecule has 3 rings (SSSR count). The van der Waals surface area contributed by atoms with Crippen molar-refractivity contribution in [1.82, 2.24) is 14.5 Å². The van der Waals surface area contributed by atoms with Crippen molar-refractivity contribution in [3.63, 3.8) is 0 Å². The number of nitrogens with zero attached hydrogens (tertiary/aromatic N) is 3. The Morgan fingerprint density at radius 2 is 1.73 bits per heavy atom. The highest BCUT2D eigenvalue weighted by molar-refractivity contribution is 7.89. The molecular weight excluding hydrogens is 400 g/mol. The van der Waals surface area contributed by atoms with Crippen LogP contribution in [0.2, 0.25) is 0 Å². The van der Waals surface area contributed by atoms with Crippen LogP contribution in [0.1, 0.15) is 29.5 Å². The molecule has 1 heterocycles. The van der Waals surface area contributed by atoms with Gasteiger partial charge >= 0.3 is 6.03 Å². The van der Waals surface area contributed by atoms with Crippen molar-refractivity contribution >= 4 is 16.1 Å². The van der Waals surface area contributed by atoms with Crippen LogP contribution in [0.3, 0.4) is 0 Å². The minimum absolute atomic E-state index is 0.0645. The molecule has 30 heavy (non-hydrogen) atoms. The van der Waals surface area contributed by atoms with Gasteiger partial charge in [-0.1, -0.05) is 29.8 Å². The van der Waals surface area contributed by atoms with Gasteiger partial charge in [-0.05, 0) is 49.6 Å². The van der Waals surface area contributed by atoms with E-state index in [1.165, 1.54) is 4.31 Å². The van der Waals surface area contributed by atoms with Crippen LogP contribution >= 0.6 is 0 Å². The standard InChI is InChI=1S/C22H26N4O3S/c1-17-3-9-21(10-4-17)30(28,29)26-13-11-20(12-14-26)24-22(27)25(2)16-19-7-5-18(15-23)6-8-19/h3-10,20H,11-14,16H2,1-2H3,(H,24,27). The molecule has 1 N–H and O–H groups in total. The van der Waals surface area contributed by atoms with Crippen LogP contribution < -0.4 is 5.32 Å². The van der Waals surface area contributed by atoms with E-state index in [9.17, 15) is 13.2 Å². The Labute approximate surface area is 178 Å². The minimum atomic E-state index is -3.51. The number of nitrogens with one attached hydrogen (secondary N) is 1. The van der Waals surface area contributed by atoms with E-state index < -0.39 is 10.0 Å². The number of amides is 2. The van der Waals surface area contributed by atoms with Gasteiger partial charge in [0, 0.05) is 32.7 Å². The lowest BCUT2D eigenvalue weighted by Gasteiger charge is -2.32. The summed E-state index contributed by atoms with van der Waals surface area (Å²) < 4.78 is 27.1. The molecule has 0 bridgehead atoms. The molecule has 1 fully saturated rings. The molecule has 0 saturated carbocycles. The normalized spacial score (nSPS) is 15.4. The van der Waals surface area contributed by atoms with Crippen LogP contribution in [-0.2, 0) is 16.6 Å². The molecule has 1 aliphatic rings. The zero-order chi connectivity index (χ0) is 21.7. The Balaban J connectivity index is 1.51. The Morgan fingerprint density at radius 3 is 2.30 bits per heavy atom. The summed E-state index contributed by atoms with van der Waals surface area (Å²) in [6.45, 7) is 3.10. The van der Waals surface area contributed by atoms with Crippen molar-refractivity contribution in [1.29, 1.82) is 5.26 Å². The summed E-state index contributed by atoms with van der Waals surface area (Å²) in [5.74, 6) is 0. The smallest absolute Gasteiger partial charge is 0.317 e. The van der Waals surface area contributed by atoms with Gasteiger partial charge in [-0.25, -0.2) is 13.2 Å². The molecule has 2 aromatic rings. The number of carbonyl (C=O) groups is 1. The Bertz CT molecular complexity index is 1020. The molecule has 0 atom stereocenters. The SMILES string of the molecule is Cc1ccc(S(=O)(=O)N2CCC(NC(=O)N(C)Cc3ccc(C#N)cc3)CC2)cc1. The third kappa shape index (κ3) is 5.17. The van der Waals surface area contributed by atoms with Crippen molar-refractivity contribution in [2.75, 3.05) is 20.1 Å². The zero-order valence-electron chi connectivity index (χ0n) is 17.2. The monoisotopic (exact) mass is 426 g/mol. The molecule has 8 heteroatoms. The van der Waals surface area contributed by atoms with Crippen LogP contribution in [0.25, 0.3) is 0 Å². The van der Waals surface area contributed by atoms with E-state index in [1.807, 2.05) is 19.1 Å². The third-order valence-corrected chi connectivity index (χ3v) is 7.20. The molecule has 0 spiro atoms. The largest absolute Gasteiger partial charge is 0.335 e. The number of aryl methyl sites for hydroxylation is 1. The fourth-order valence-corrected chi connectivity index (χ4v) is 4.88. The molecule has 1 aliphatic heterocycles. The summed E-state index contributed by atoms with van der Waals surface area (Å²) in [5, 5.41) is 11.9. The molecule has 2 aromatic carbocycles. The van der Waals surface area contributed by atoms with Crippen LogP contribution in [0.5, 0.6) is 0 Å². The molecule has 158 valence electrons. The summed E-state index contributed by atoms with van der Waals surface area (Å²) in [6, 6.07) is 15.8. The van der Waals surface area contributed by atoms with Crippen LogP contribution in [0.15, 0.2) is 53.4 Å². The number of benzene rings is 2. The lowest BCUT2D eigenvalue weighted by molar-refractivity contribution is 0.195. The second kappa shape index (κ2) is 9.28. The van der Waals surface area contributed by atoms with Gasteiger partial charge in [-0.3, -0.25) is 0 Å². The molecule has 0 unspecified atom stereocenters. The van der Waals surface area contributed by atoms with E-state index in [0.29, 0.717) is 42.9 Å². The minimum Gasteiger partial charge on any atom is -0.335 e. The van der Waals surface area contributed by atoms with Crippen molar-refractivity contribution in [2.45, 2.75) is 37.2 Å². The van der Waals surface area contributed by atoms with E-state index in [4.69, 9.17) is 5.26 Å².